The van der Waals surface area contributed by atoms with Gasteiger partial charge in [0.1, 0.15) is 19.2 Å². The van der Waals surface area contributed by atoms with Gasteiger partial charge in [0.25, 0.3) is 0 Å². The van der Waals surface area contributed by atoms with Gasteiger partial charge in [-0.1, -0.05) is 20.8 Å². The van der Waals surface area contributed by atoms with E-state index in [0.717, 1.165) is 30.0 Å². The summed E-state index contributed by atoms with van der Waals surface area (Å²) in [6.07, 6.45) is 11.9. The zero-order valence-corrected chi connectivity index (χ0v) is 19.7. The number of aldehydes is 1. The molecule has 4 nitrogen and oxygen atoms in total. The molecule has 0 radical (unpaired) electrons. The van der Waals surface area contributed by atoms with E-state index >= 15 is 0 Å². The molecule has 0 aromatic heterocycles. The molecule has 1 spiro atoms. The van der Waals surface area contributed by atoms with Crippen molar-refractivity contribution in [3.05, 3.63) is 0 Å². The number of carbonyl (C=O) groups is 1. The molecule has 30 heavy (non-hydrogen) atoms. The minimum atomic E-state index is -0.357. The topological polar surface area (TPSA) is 44.8 Å². The Morgan fingerprint density at radius 1 is 1.07 bits per heavy atom. The summed E-state index contributed by atoms with van der Waals surface area (Å²) in [5.74, 6) is 4.16. The molecule has 5 aliphatic rings. The molecule has 0 saturated heterocycles. The summed E-state index contributed by atoms with van der Waals surface area (Å²) >= 11 is 0. The molecular weight excluding hydrogens is 376 g/mol. The first-order valence-corrected chi connectivity index (χ1v) is 12.5. The van der Waals surface area contributed by atoms with Crippen molar-refractivity contribution in [2.24, 2.45) is 51.8 Å². The molecule has 5 fully saturated rings. The van der Waals surface area contributed by atoms with Gasteiger partial charge in [0.15, 0.2) is 0 Å². The van der Waals surface area contributed by atoms with E-state index in [0.29, 0.717) is 28.3 Å². The number of carbonyl (C=O) groups excluding carboxylic acids is 1. The number of methoxy groups -OCH3 is 2. The first kappa shape index (κ1) is 21.4. The highest BCUT2D eigenvalue weighted by Gasteiger charge is 2.77. The van der Waals surface area contributed by atoms with Crippen molar-refractivity contribution in [2.45, 2.75) is 84.3 Å². The molecule has 0 heterocycles. The lowest BCUT2D eigenvalue weighted by atomic mass is 9.45. The number of rotatable bonds is 7. The van der Waals surface area contributed by atoms with Gasteiger partial charge in [0, 0.05) is 19.6 Å². The van der Waals surface area contributed by atoms with Crippen molar-refractivity contribution in [2.75, 3.05) is 21.0 Å². The zero-order chi connectivity index (χ0) is 21.3. The van der Waals surface area contributed by atoms with E-state index in [1.54, 1.807) is 7.11 Å². The number of ether oxygens (including phenoxy) is 3. The van der Waals surface area contributed by atoms with Gasteiger partial charge in [-0.2, -0.15) is 0 Å². The first-order valence-electron chi connectivity index (χ1n) is 12.5. The van der Waals surface area contributed by atoms with Gasteiger partial charge in [0.05, 0.1) is 6.10 Å². The van der Waals surface area contributed by atoms with Crippen molar-refractivity contribution in [3.8, 4) is 0 Å². The zero-order valence-electron chi connectivity index (χ0n) is 19.7. The van der Waals surface area contributed by atoms with Gasteiger partial charge in [0.2, 0.25) is 0 Å². The van der Waals surface area contributed by atoms with Gasteiger partial charge < -0.3 is 19.0 Å². The third kappa shape index (κ3) is 2.59. The lowest BCUT2D eigenvalue weighted by molar-refractivity contribution is -0.166. The number of fused-ring (bicyclic) bond motifs is 4. The van der Waals surface area contributed by atoms with Crippen LogP contribution in [0, 0.1) is 51.8 Å². The predicted octanol–water partition coefficient (Wildman–Crippen LogP) is 5.09. The molecule has 5 saturated carbocycles. The molecule has 5 aliphatic carbocycles. The average Bonchev–Trinajstić information content (AvgIpc) is 3.25. The average molecular weight is 419 g/mol. The predicted molar refractivity (Wildman–Crippen MR) is 116 cm³/mol. The van der Waals surface area contributed by atoms with Gasteiger partial charge >= 0.3 is 0 Å². The van der Waals surface area contributed by atoms with Crippen LogP contribution in [0.4, 0.5) is 0 Å². The molecule has 0 bridgehead atoms. The molecule has 0 unspecified atom stereocenters. The van der Waals surface area contributed by atoms with Crippen molar-refractivity contribution < 1.29 is 19.0 Å². The highest BCUT2D eigenvalue weighted by atomic mass is 16.7. The summed E-state index contributed by atoms with van der Waals surface area (Å²) in [4.78, 5) is 11.8. The van der Waals surface area contributed by atoms with Crippen LogP contribution < -0.4 is 0 Å². The molecule has 5 rings (SSSR count). The Morgan fingerprint density at radius 2 is 1.87 bits per heavy atom. The monoisotopic (exact) mass is 418 g/mol. The molecular formula is C26H42O4. The smallest absolute Gasteiger partial charge is 0.149 e. The Kier molecular flexibility index (Phi) is 5.19. The van der Waals surface area contributed by atoms with Crippen LogP contribution in [-0.4, -0.2) is 39.5 Å². The quantitative estimate of drug-likeness (QED) is 0.426. The van der Waals surface area contributed by atoms with E-state index < -0.39 is 0 Å². The fourth-order valence-corrected chi connectivity index (χ4v) is 10.2. The Hall–Kier alpha value is -0.450. The van der Waals surface area contributed by atoms with E-state index in [4.69, 9.17) is 14.2 Å². The summed E-state index contributed by atoms with van der Waals surface area (Å²) in [5.41, 5.74) is 1.30. The standard InChI is InChI=1S/C26H42O4/c1-16(22(14-27)30-15-28-4)19-6-7-20-18-12-23(29-5)26-13-17(26)8-11-25(26,3)21(18)9-10-24(19,20)2/h14,16-23H,6-13,15H2,1-5H3/t16-,17+,18-,19+,20-,21-,22-,23+,24+,25+,26-/m0/s1. The van der Waals surface area contributed by atoms with E-state index in [9.17, 15) is 4.79 Å². The molecule has 0 N–H and O–H groups in total. The lowest BCUT2D eigenvalue weighted by Gasteiger charge is -2.61. The lowest BCUT2D eigenvalue weighted by Crippen LogP contribution is -2.57. The fraction of sp³-hybridized carbons (Fsp3) is 0.962. The third-order valence-electron chi connectivity index (χ3n) is 11.6. The van der Waals surface area contributed by atoms with Gasteiger partial charge in [-0.25, -0.2) is 0 Å². The summed E-state index contributed by atoms with van der Waals surface area (Å²) < 4.78 is 17.1. The maximum Gasteiger partial charge on any atom is 0.149 e. The highest BCUT2D eigenvalue weighted by molar-refractivity contribution is 5.56. The van der Waals surface area contributed by atoms with Crippen molar-refractivity contribution in [3.63, 3.8) is 0 Å². The normalized spacial score (nSPS) is 53.2. The van der Waals surface area contributed by atoms with Crippen molar-refractivity contribution >= 4 is 6.29 Å². The minimum Gasteiger partial charge on any atom is -0.381 e. The minimum absolute atomic E-state index is 0.197. The van der Waals surface area contributed by atoms with Crippen LogP contribution in [0.2, 0.25) is 0 Å². The van der Waals surface area contributed by atoms with Gasteiger partial charge in [-0.05, 0) is 97.7 Å². The third-order valence-corrected chi connectivity index (χ3v) is 11.6. The van der Waals surface area contributed by atoms with Crippen LogP contribution in [0.25, 0.3) is 0 Å². The van der Waals surface area contributed by atoms with Crippen LogP contribution in [0.15, 0.2) is 0 Å². The molecule has 170 valence electrons. The molecule has 0 aromatic rings. The molecule has 4 heteroatoms. The second kappa shape index (κ2) is 7.28. The Bertz CT molecular complexity index is 680. The second-order valence-corrected chi connectivity index (χ2v) is 12.0. The molecule has 11 atom stereocenters. The van der Waals surface area contributed by atoms with E-state index in [2.05, 4.69) is 20.8 Å². The van der Waals surface area contributed by atoms with E-state index in [1.165, 1.54) is 51.4 Å². The Labute approximate surface area is 182 Å². The van der Waals surface area contributed by atoms with E-state index in [-0.39, 0.29) is 18.8 Å². The van der Waals surface area contributed by atoms with Crippen LogP contribution in [0.1, 0.15) is 72.1 Å². The fourth-order valence-electron chi connectivity index (χ4n) is 10.2. The van der Waals surface area contributed by atoms with Gasteiger partial charge in [-0.3, -0.25) is 0 Å². The summed E-state index contributed by atoms with van der Waals surface area (Å²) in [7, 11) is 3.59. The SMILES string of the molecule is COCO[C@@H](C=O)[C@@H](C)[C@H]1CC[C@H]2[C@@H]3C[C@@H](OC)[C@]45C[C@H]4CC[C@]5(C)[C@H]3CC[C@]12C. The Morgan fingerprint density at radius 3 is 2.53 bits per heavy atom. The summed E-state index contributed by atoms with van der Waals surface area (Å²) in [6, 6.07) is 0. The number of hydrogen-bond donors (Lipinski definition) is 0. The largest absolute Gasteiger partial charge is 0.381 e. The maximum atomic E-state index is 11.8. The number of hydrogen-bond acceptors (Lipinski definition) is 4. The molecule has 0 aromatic carbocycles. The first-order chi connectivity index (χ1) is 14.4. The van der Waals surface area contributed by atoms with Crippen LogP contribution in [0.3, 0.4) is 0 Å². The molecule has 0 amide bonds. The van der Waals surface area contributed by atoms with E-state index in [1.807, 2.05) is 7.11 Å². The summed E-state index contributed by atoms with van der Waals surface area (Å²) in [5, 5.41) is 0. The van der Waals surface area contributed by atoms with Crippen LogP contribution in [0.5, 0.6) is 0 Å². The molecule has 0 aliphatic heterocycles. The van der Waals surface area contributed by atoms with Crippen molar-refractivity contribution in [1.29, 1.82) is 0 Å². The highest BCUT2D eigenvalue weighted by Crippen LogP contribution is 2.82. The van der Waals surface area contributed by atoms with Gasteiger partial charge in [-0.15, -0.1) is 0 Å². The van der Waals surface area contributed by atoms with Crippen LogP contribution >= 0.6 is 0 Å². The maximum absolute atomic E-state index is 11.8. The van der Waals surface area contributed by atoms with Crippen LogP contribution in [-0.2, 0) is 19.0 Å². The second-order valence-electron chi connectivity index (χ2n) is 12.0. The Balaban J connectivity index is 1.40. The van der Waals surface area contributed by atoms with Crippen molar-refractivity contribution in [1.82, 2.24) is 0 Å². The summed E-state index contributed by atoms with van der Waals surface area (Å²) in [6.45, 7) is 7.62.